The van der Waals surface area contributed by atoms with Crippen LogP contribution in [0.1, 0.15) is 27.2 Å². The molecule has 0 radical (unpaired) electrons. The van der Waals surface area contributed by atoms with Gasteiger partial charge < -0.3 is 14.5 Å². The number of thioether (sulfide) groups is 1. The van der Waals surface area contributed by atoms with Gasteiger partial charge in [0.2, 0.25) is 4.75 Å². The predicted octanol–water partition coefficient (Wildman–Crippen LogP) is 2.68. The van der Waals surface area contributed by atoms with Crippen LogP contribution in [0.4, 0.5) is 0 Å². The van der Waals surface area contributed by atoms with E-state index < -0.39 is 22.3 Å². The number of hydrogen-bond donors (Lipinski definition) is 1. The first kappa shape index (κ1) is 15.9. The molecule has 1 aliphatic rings. The second kappa shape index (κ2) is 5.56. The topological polar surface area (TPSA) is 81.3 Å². The molecule has 2 aromatic rings. The summed E-state index contributed by atoms with van der Waals surface area (Å²) in [5, 5.41) is 0.494. The maximum atomic E-state index is 12.5. The number of aromatic nitrogens is 2. The number of benzene rings is 1. The lowest BCUT2D eigenvalue weighted by atomic mass is 9.97. The maximum Gasteiger partial charge on any atom is 0.334 e. The third kappa shape index (κ3) is 2.81. The lowest BCUT2D eigenvalue weighted by molar-refractivity contribution is -0.155. The summed E-state index contributed by atoms with van der Waals surface area (Å²) in [7, 11) is 0. The fourth-order valence-corrected chi connectivity index (χ4v) is 4.03. The Labute approximate surface area is 137 Å². The third-order valence-corrected chi connectivity index (χ3v) is 4.83. The van der Waals surface area contributed by atoms with Gasteiger partial charge in [0, 0.05) is 6.42 Å². The van der Waals surface area contributed by atoms with E-state index in [-0.39, 0.29) is 13.0 Å². The number of rotatable bonds is 4. The monoisotopic (exact) mass is 334 g/mol. The molecule has 1 aromatic carbocycles. The zero-order valence-electron chi connectivity index (χ0n) is 13.2. The summed E-state index contributed by atoms with van der Waals surface area (Å²) >= 11 is 1.07. The van der Waals surface area contributed by atoms with Gasteiger partial charge in [0.25, 0.3) is 0 Å². The van der Waals surface area contributed by atoms with Crippen LogP contribution >= 0.6 is 11.8 Å². The van der Waals surface area contributed by atoms with Crippen molar-refractivity contribution < 1.29 is 19.1 Å². The molecule has 0 bridgehead atoms. The zero-order valence-corrected chi connectivity index (χ0v) is 14.0. The van der Waals surface area contributed by atoms with Crippen molar-refractivity contribution in [2.24, 2.45) is 0 Å². The Bertz CT molecular complexity index is 737. The van der Waals surface area contributed by atoms with Gasteiger partial charge in [0.1, 0.15) is 5.60 Å². The Kier molecular flexibility index (Phi) is 3.83. The fourth-order valence-electron chi connectivity index (χ4n) is 2.71. The Hall–Kier alpha value is -2.02. The molecule has 1 fully saturated rings. The third-order valence-electron chi connectivity index (χ3n) is 3.62. The van der Waals surface area contributed by atoms with Gasteiger partial charge in [-0.15, -0.1) is 0 Å². The number of carbonyl (C=O) groups is 2. The van der Waals surface area contributed by atoms with Crippen LogP contribution < -0.4 is 0 Å². The van der Waals surface area contributed by atoms with Crippen LogP contribution in [0.25, 0.3) is 11.0 Å². The molecule has 0 amide bonds. The van der Waals surface area contributed by atoms with Gasteiger partial charge in [-0.25, -0.2) is 14.6 Å². The van der Waals surface area contributed by atoms with Gasteiger partial charge in [-0.3, -0.25) is 0 Å². The molecular formula is C16H18N2O4S. The molecule has 7 heteroatoms. The van der Waals surface area contributed by atoms with Gasteiger partial charge in [-0.1, -0.05) is 23.9 Å². The molecule has 1 aromatic heterocycles. The van der Waals surface area contributed by atoms with Crippen molar-refractivity contribution in [3.63, 3.8) is 0 Å². The number of carbonyl (C=O) groups excluding carboxylic acids is 2. The first-order valence-corrected chi connectivity index (χ1v) is 8.22. The fraction of sp³-hybridized carbons (Fsp3) is 0.438. The summed E-state index contributed by atoms with van der Waals surface area (Å²) in [6.45, 7) is 5.48. The minimum atomic E-state index is -1.42. The summed E-state index contributed by atoms with van der Waals surface area (Å²) in [4.78, 5) is 32.5. The Morgan fingerprint density at radius 1 is 1.43 bits per heavy atom. The van der Waals surface area contributed by atoms with E-state index in [0.29, 0.717) is 5.16 Å². The highest BCUT2D eigenvalue weighted by Crippen LogP contribution is 2.46. The maximum absolute atomic E-state index is 12.5. The van der Waals surface area contributed by atoms with E-state index in [1.807, 2.05) is 24.3 Å². The van der Waals surface area contributed by atoms with Crippen LogP contribution in [0.2, 0.25) is 0 Å². The van der Waals surface area contributed by atoms with Crippen molar-refractivity contribution in [2.45, 2.75) is 42.7 Å². The lowest BCUT2D eigenvalue weighted by Crippen LogP contribution is -2.42. The van der Waals surface area contributed by atoms with Crippen molar-refractivity contribution >= 4 is 34.7 Å². The van der Waals surface area contributed by atoms with Crippen molar-refractivity contribution in [1.82, 2.24) is 9.97 Å². The Morgan fingerprint density at radius 3 is 2.78 bits per heavy atom. The van der Waals surface area contributed by atoms with Crippen LogP contribution in [0, 0.1) is 0 Å². The standard InChI is InChI=1S/C16H18N2O4S/c1-4-21-12(19)16(9-15(2,3)22-13(16)20)23-14-17-10-7-5-6-8-11(10)18-14/h5-8H,4,9H2,1-3H3,(H,17,18)/t16-/m1/s1. The Morgan fingerprint density at radius 2 is 2.17 bits per heavy atom. The zero-order chi connectivity index (χ0) is 16.7. The Balaban J connectivity index is 1.99. The average molecular weight is 334 g/mol. The highest BCUT2D eigenvalue weighted by Gasteiger charge is 2.60. The SMILES string of the molecule is CCOC(=O)[C@]1(Sc2nc3ccccc3[nH]2)CC(C)(C)OC1=O. The summed E-state index contributed by atoms with van der Waals surface area (Å²) < 4.78 is 9.09. The van der Waals surface area contributed by atoms with Crippen molar-refractivity contribution in [3.05, 3.63) is 24.3 Å². The van der Waals surface area contributed by atoms with E-state index in [9.17, 15) is 9.59 Å². The highest BCUT2D eigenvalue weighted by atomic mass is 32.2. The molecule has 1 aliphatic heterocycles. The molecule has 0 unspecified atom stereocenters. The number of aromatic amines is 1. The number of H-pyrrole nitrogens is 1. The molecule has 0 spiro atoms. The summed E-state index contributed by atoms with van der Waals surface area (Å²) in [6, 6.07) is 7.53. The largest absolute Gasteiger partial charge is 0.464 e. The van der Waals surface area contributed by atoms with Gasteiger partial charge in [-0.05, 0) is 32.9 Å². The lowest BCUT2D eigenvalue weighted by Gasteiger charge is -2.21. The normalized spacial score (nSPS) is 23.0. The number of ether oxygens (including phenoxy) is 2. The summed E-state index contributed by atoms with van der Waals surface area (Å²) in [5.74, 6) is -1.16. The van der Waals surface area contributed by atoms with Gasteiger partial charge in [0.05, 0.1) is 17.6 Å². The van der Waals surface area contributed by atoms with Crippen LogP contribution in [0.15, 0.2) is 29.4 Å². The van der Waals surface area contributed by atoms with Crippen LogP contribution in [-0.4, -0.2) is 38.9 Å². The molecule has 0 aliphatic carbocycles. The van der Waals surface area contributed by atoms with Crippen molar-refractivity contribution in [3.8, 4) is 0 Å². The van der Waals surface area contributed by atoms with E-state index in [0.717, 1.165) is 22.8 Å². The number of nitrogens with one attached hydrogen (secondary N) is 1. The molecule has 0 saturated carbocycles. The number of para-hydroxylation sites is 2. The van der Waals surface area contributed by atoms with Crippen molar-refractivity contribution in [2.75, 3.05) is 6.61 Å². The van der Waals surface area contributed by atoms with Crippen LogP contribution in [0.3, 0.4) is 0 Å². The first-order valence-electron chi connectivity index (χ1n) is 7.41. The van der Waals surface area contributed by atoms with E-state index in [1.54, 1.807) is 20.8 Å². The molecule has 2 heterocycles. The number of imidazole rings is 1. The van der Waals surface area contributed by atoms with Gasteiger partial charge in [-0.2, -0.15) is 0 Å². The average Bonchev–Trinajstić information content (AvgIpc) is 2.97. The van der Waals surface area contributed by atoms with Crippen LogP contribution in [0.5, 0.6) is 0 Å². The van der Waals surface area contributed by atoms with E-state index >= 15 is 0 Å². The number of hydrogen-bond acceptors (Lipinski definition) is 6. The van der Waals surface area contributed by atoms with E-state index in [2.05, 4.69) is 9.97 Å². The number of cyclic esters (lactones) is 1. The van der Waals surface area contributed by atoms with Gasteiger partial charge >= 0.3 is 11.9 Å². The summed E-state index contributed by atoms with van der Waals surface area (Å²) in [5.41, 5.74) is 0.905. The molecular weight excluding hydrogens is 316 g/mol. The first-order chi connectivity index (χ1) is 10.9. The van der Waals surface area contributed by atoms with E-state index in [1.165, 1.54) is 0 Å². The molecule has 1 N–H and O–H groups in total. The van der Waals surface area contributed by atoms with E-state index in [4.69, 9.17) is 9.47 Å². The minimum Gasteiger partial charge on any atom is -0.464 e. The van der Waals surface area contributed by atoms with Crippen LogP contribution in [-0.2, 0) is 19.1 Å². The molecule has 1 saturated heterocycles. The molecule has 122 valence electrons. The molecule has 1 atom stereocenters. The quantitative estimate of drug-likeness (QED) is 0.684. The number of fused-ring (bicyclic) bond motifs is 1. The number of nitrogens with zero attached hydrogens (tertiary/aromatic N) is 1. The molecule has 6 nitrogen and oxygen atoms in total. The smallest absolute Gasteiger partial charge is 0.334 e. The van der Waals surface area contributed by atoms with Crippen molar-refractivity contribution in [1.29, 1.82) is 0 Å². The molecule has 23 heavy (non-hydrogen) atoms. The molecule has 3 rings (SSSR count). The van der Waals surface area contributed by atoms with Gasteiger partial charge in [0.15, 0.2) is 5.16 Å². The second-order valence-electron chi connectivity index (χ2n) is 6.03. The second-order valence-corrected chi connectivity index (χ2v) is 7.32. The number of esters is 2. The predicted molar refractivity (Wildman–Crippen MR) is 86.1 cm³/mol. The highest BCUT2D eigenvalue weighted by molar-refractivity contribution is 8.02. The minimum absolute atomic E-state index is 0.203. The summed E-state index contributed by atoms with van der Waals surface area (Å²) in [6.07, 6.45) is 0.235.